The fourth-order valence-corrected chi connectivity index (χ4v) is 1.63. The largest absolute Gasteiger partial charge is 0.355 e. The van der Waals surface area contributed by atoms with E-state index in [1.807, 2.05) is 18.2 Å². The summed E-state index contributed by atoms with van der Waals surface area (Å²) in [4.78, 5) is 4.06. The van der Waals surface area contributed by atoms with Gasteiger partial charge in [-0.2, -0.15) is 0 Å². The number of hydrogen-bond acceptors (Lipinski definition) is 4. The van der Waals surface area contributed by atoms with Gasteiger partial charge in [0.25, 0.3) is 0 Å². The van der Waals surface area contributed by atoms with Crippen molar-refractivity contribution in [3.8, 4) is 0 Å². The molecular weight excluding hydrogens is 212 g/mol. The molecule has 0 saturated heterocycles. The van der Waals surface area contributed by atoms with E-state index in [0.29, 0.717) is 5.82 Å². The van der Waals surface area contributed by atoms with E-state index in [2.05, 4.69) is 41.7 Å². The number of aromatic nitrogens is 1. The summed E-state index contributed by atoms with van der Waals surface area (Å²) in [5.74, 6) is 5.97. The van der Waals surface area contributed by atoms with Gasteiger partial charge < -0.3 is 10.7 Å². The highest BCUT2D eigenvalue weighted by Crippen LogP contribution is 2.23. The minimum Gasteiger partial charge on any atom is -0.355 e. The number of nitrogen functional groups attached to an aromatic ring is 1. The Balaban J connectivity index is 2.28. The van der Waals surface area contributed by atoms with Crippen LogP contribution in [-0.2, 0) is 0 Å². The standard InChI is InChI=1S/C13H16N4/c1-9-4-3-5-12(10(9)2)16-11-6-7-15-13(8-11)17-14/h3-8H,14H2,1-2H3,(H2,15,16,17). The summed E-state index contributed by atoms with van der Waals surface area (Å²) in [6.07, 6.45) is 1.71. The first-order valence-electron chi connectivity index (χ1n) is 5.46. The highest BCUT2D eigenvalue weighted by Gasteiger charge is 2.01. The number of rotatable bonds is 3. The Morgan fingerprint density at radius 2 is 2.00 bits per heavy atom. The molecule has 2 aromatic rings. The molecule has 4 N–H and O–H groups in total. The molecule has 0 bridgehead atoms. The fourth-order valence-electron chi connectivity index (χ4n) is 1.63. The highest BCUT2D eigenvalue weighted by molar-refractivity contribution is 5.66. The molecule has 4 heteroatoms. The fraction of sp³-hybridized carbons (Fsp3) is 0.154. The van der Waals surface area contributed by atoms with Crippen LogP contribution in [0.15, 0.2) is 36.5 Å². The second-order valence-electron chi connectivity index (χ2n) is 3.95. The Morgan fingerprint density at radius 3 is 2.76 bits per heavy atom. The zero-order valence-corrected chi connectivity index (χ0v) is 9.99. The van der Waals surface area contributed by atoms with Crippen LogP contribution in [0.5, 0.6) is 0 Å². The van der Waals surface area contributed by atoms with Crippen molar-refractivity contribution in [2.45, 2.75) is 13.8 Å². The number of hydrogen-bond donors (Lipinski definition) is 3. The van der Waals surface area contributed by atoms with E-state index in [9.17, 15) is 0 Å². The third-order valence-electron chi connectivity index (χ3n) is 2.79. The Morgan fingerprint density at radius 1 is 1.18 bits per heavy atom. The molecule has 0 aliphatic carbocycles. The van der Waals surface area contributed by atoms with Gasteiger partial charge in [0.2, 0.25) is 0 Å². The average molecular weight is 228 g/mol. The number of aryl methyl sites for hydroxylation is 1. The molecule has 1 aromatic carbocycles. The van der Waals surface area contributed by atoms with Gasteiger partial charge in [0, 0.05) is 23.6 Å². The first-order chi connectivity index (χ1) is 8.20. The van der Waals surface area contributed by atoms with E-state index in [-0.39, 0.29) is 0 Å². The van der Waals surface area contributed by atoms with Crippen LogP contribution in [0.2, 0.25) is 0 Å². The van der Waals surface area contributed by atoms with Gasteiger partial charge in [-0.05, 0) is 37.1 Å². The van der Waals surface area contributed by atoms with Gasteiger partial charge in [-0.15, -0.1) is 0 Å². The Kier molecular flexibility index (Phi) is 3.25. The molecule has 0 spiro atoms. The Labute approximate surface area is 101 Å². The van der Waals surface area contributed by atoms with Crippen molar-refractivity contribution in [1.29, 1.82) is 0 Å². The van der Waals surface area contributed by atoms with E-state index in [0.717, 1.165) is 11.4 Å². The van der Waals surface area contributed by atoms with Crippen molar-refractivity contribution in [1.82, 2.24) is 4.98 Å². The molecule has 0 aliphatic rings. The van der Waals surface area contributed by atoms with Crippen LogP contribution in [0.1, 0.15) is 11.1 Å². The molecule has 0 fully saturated rings. The van der Waals surface area contributed by atoms with E-state index >= 15 is 0 Å². The van der Waals surface area contributed by atoms with Crippen molar-refractivity contribution in [3.63, 3.8) is 0 Å². The molecule has 0 amide bonds. The molecule has 0 aliphatic heterocycles. The van der Waals surface area contributed by atoms with Gasteiger partial charge in [0.05, 0.1) is 0 Å². The minimum atomic E-state index is 0.639. The number of nitrogens with one attached hydrogen (secondary N) is 2. The normalized spacial score (nSPS) is 10.1. The van der Waals surface area contributed by atoms with Crippen LogP contribution in [0.25, 0.3) is 0 Å². The zero-order chi connectivity index (χ0) is 12.3. The maximum absolute atomic E-state index is 5.33. The average Bonchev–Trinajstić information content (AvgIpc) is 2.35. The number of benzene rings is 1. The topological polar surface area (TPSA) is 63.0 Å². The van der Waals surface area contributed by atoms with Gasteiger partial charge >= 0.3 is 0 Å². The summed E-state index contributed by atoms with van der Waals surface area (Å²) >= 11 is 0. The predicted molar refractivity (Wildman–Crippen MR) is 71.2 cm³/mol. The SMILES string of the molecule is Cc1cccc(Nc2ccnc(NN)c2)c1C. The summed E-state index contributed by atoms with van der Waals surface area (Å²) in [7, 11) is 0. The van der Waals surface area contributed by atoms with Crippen molar-refractivity contribution in [2.24, 2.45) is 5.84 Å². The van der Waals surface area contributed by atoms with Gasteiger partial charge in [0.15, 0.2) is 0 Å². The first-order valence-corrected chi connectivity index (χ1v) is 5.46. The maximum atomic E-state index is 5.33. The zero-order valence-electron chi connectivity index (χ0n) is 9.99. The molecule has 88 valence electrons. The summed E-state index contributed by atoms with van der Waals surface area (Å²) < 4.78 is 0. The summed E-state index contributed by atoms with van der Waals surface area (Å²) in [5.41, 5.74) is 7.09. The third kappa shape index (κ3) is 2.54. The quantitative estimate of drug-likeness (QED) is 0.558. The van der Waals surface area contributed by atoms with Crippen molar-refractivity contribution >= 4 is 17.2 Å². The molecule has 0 unspecified atom stereocenters. The lowest BCUT2D eigenvalue weighted by Gasteiger charge is -2.11. The summed E-state index contributed by atoms with van der Waals surface area (Å²) in [5, 5.41) is 3.35. The minimum absolute atomic E-state index is 0.639. The molecule has 0 atom stereocenters. The Hall–Kier alpha value is -2.07. The lowest BCUT2D eigenvalue weighted by atomic mass is 10.1. The Bertz CT molecular complexity index is 523. The van der Waals surface area contributed by atoms with Crippen LogP contribution in [0, 0.1) is 13.8 Å². The third-order valence-corrected chi connectivity index (χ3v) is 2.79. The monoisotopic (exact) mass is 228 g/mol. The molecule has 0 radical (unpaired) electrons. The highest BCUT2D eigenvalue weighted by atomic mass is 15.2. The molecule has 0 saturated carbocycles. The first kappa shape index (κ1) is 11.4. The molecule has 4 nitrogen and oxygen atoms in total. The van der Waals surface area contributed by atoms with Gasteiger partial charge in [0.1, 0.15) is 5.82 Å². The van der Waals surface area contributed by atoms with E-state index in [4.69, 9.17) is 5.84 Å². The second kappa shape index (κ2) is 4.84. The van der Waals surface area contributed by atoms with Crippen LogP contribution in [0.3, 0.4) is 0 Å². The lowest BCUT2D eigenvalue weighted by molar-refractivity contribution is 1.23. The molecular formula is C13H16N4. The number of pyridine rings is 1. The summed E-state index contributed by atoms with van der Waals surface area (Å²) in [6, 6.07) is 9.95. The van der Waals surface area contributed by atoms with E-state index in [1.165, 1.54) is 11.1 Å². The van der Waals surface area contributed by atoms with Crippen LogP contribution in [0.4, 0.5) is 17.2 Å². The van der Waals surface area contributed by atoms with E-state index < -0.39 is 0 Å². The van der Waals surface area contributed by atoms with E-state index in [1.54, 1.807) is 6.20 Å². The van der Waals surface area contributed by atoms with Crippen molar-refractivity contribution in [2.75, 3.05) is 10.7 Å². The van der Waals surface area contributed by atoms with Crippen molar-refractivity contribution in [3.05, 3.63) is 47.7 Å². The molecule has 17 heavy (non-hydrogen) atoms. The van der Waals surface area contributed by atoms with Gasteiger partial charge in [-0.1, -0.05) is 12.1 Å². The predicted octanol–water partition coefficient (Wildman–Crippen LogP) is 2.73. The van der Waals surface area contributed by atoms with Crippen molar-refractivity contribution < 1.29 is 0 Å². The van der Waals surface area contributed by atoms with Crippen LogP contribution in [-0.4, -0.2) is 4.98 Å². The van der Waals surface area contributed by atoms with Crippen LogP contribution >= 0.6 is 0 Å². The number of hydrazine groups is 1. The molecule has 1 heterocycles. The lowest BCUT2D eigenvalue weighted by Crippen LogP contribution is -2.08. The summed E-state index contributed by atoms with van der Waals surface area (Å²) in [6.45, 7) is 4.20. The number of nitrogens with zero attached hydrogens (tertiary/aromatic N) is 1. The molecule has 1 aromatic heterocycles. The number of nitrogens with two attached hydrogens (primary N) is 1. The number of anilines is 3. The maximum Gasteiger partial charge on any atom is 0.141 e. The second-order valence-corrected chi connectivity index (χ2v) is 3.95. The van der Waals surface area contributed by atoms with Gasteiger partial charge in [-0.25, -0.2) is 10.8 Å². The molecule has 2 rings (SSSR count). The smallest absolute Gasteiger partial charge is 0.141 e. The van der Waals surface area contributed by atoms with Crippen LogP contribution < -0.4 is 16.6 Å². The van der Waals surface area contributed by atoms with Gasteiger partial charge in [-0.3, -0.25) is 0 Å².